The van der Waals surface area contributed by atoms with E-state index in [1.54, 1.807) is 18.7 Å². The first-order chi connectivity index (χ1) is 4.25. The Bertz CT molecular complexity index is 247. The first-order valence-electron chi connectivity index (χ1n) is 2.50. The molecule has 0 saturated carbocycles. The Hall–Kier alpha value is -0.840. The van der Waals surface area contributed by atoms with E-state index in [4.69, 9.17) is 5.41 Å². The van der Waals surface area contributed by atoms with Crippen LogP contribution in [0.4, 0.5) is 5.95 Å². The summed E-state index contributed by atoms with van der Waals surface area (Å²) in [6.45, 7) is 0. The molecule has 0 spiro atoms. The summed E-state index contributed by atoms with van der Waals surface area (Å²) in [5, 5.41) is 10.1. The zero-order chi connectivity index (χ0) is 6.85. The normalized spacial score (nSPS) is 9.56. The molecule has 9 heavy (non-hydrogen) atoms. The maximum absolute atomic E-state index is 7.22. The Morgan fingerprint density at radius 3 is 2.67 bits per heavy atom. The summed E-state index contributed by atoms with van der Waals surface area (Å²) < 4.78 is 5.62. The van der Waals surface area contributed by atoms with Gasteiger partial charge in [-0.3, -0.25) is 9.98 Å². The molecule has 1 rings (SSSR count). The van der Waals surface area contributed by atoms with Gasteiger partial charge in [-0.1, -0.05) is 0 Å². The predicted octanol–water partition coefficient (Wildman–Crippen LogP) is 0.00277. The van der Waals surface area contributed by atoms with Gasteiger partial charge in [-0.15, -0.1) is 0 Å². The van der Waals surface area contributed by atoms with E-state index in [2.05, 4.69) is 9.69 Å². The number of anilines is 1. The molecule has 1 aromatic rings. The highest BCUT2D eigenvalue weighted by molar-refractivity contribution is 7.02. The quantitative estimate of drug-likeness (QED) is 0.583. The lowest BCUT2D eigenvalue weighted by Crippen LogP contribution is -2.10. The van der Waals surface area contributed by atoms with Crippen molar-refractivity contribution in [3.8, 4) is 0 Å². The highest BCUT2D eigenvalue weighted by atomic mass is 32.1. The molecular formula is C4H8N4S. The summed E-state index contributed by atoms with van der Waals surface area (Å²) >= 11 is 1.17. The van der Waals surface area contributed by atoms with Gasteiger partial charge in [0.05, 0.1) is 0 Å². The van der Waals surface area contributed by atoms with Crippen LogP contribution in [0.3, 0.4) is 0 Å². The van der Waals surface area contributed by atoms with Crippen LogP contribution >= 0.6 is 11.5 Å². The minimum absolute atomic E-state index is 0.458. The number of nitrogens with zero attached hydrogens (tertiary/aromatic N) is 2. The number of hydrogen-bond donors (Lipinski definition) is 2. The molecule has 0 unspecified atom stereocenters. The molecule has 0 aliphatic rings. The van der Waals surface area contributed by atoms with Crippen molar-refractivity contribution in [3.63, 3.8) is 0 Å². The smallest absolute Gasteiger partial charge is 0.215 e. The van der Waals surface area contributed by atoms with E-state index in [-0.39, 0.29) is 0 Å². The van der Waals surface area contributed by atoms with Crippen LogP contribution in [-0.4, -0.2) is 16.0 Å². The van der Waals surface area contributed by atoms with Crippen LogP contribution in [0.2, 0.25) is 0 Å². The lowest BCUT2D eigenvalue weighted by molar-refractivity contribution is 0.853. The SMILES string of the molecule is CNc1nsc(=N)n1C. The molecule has 5 heteroatoms. The van der Waals surface area contributed by atoms with Gasteiger partial charge in [-0.25, -0.2) is 0 Å². The van der Waals surface area contributed by atoms with Crippen LogP contribution in [-0.2, 0) is 7.05 Å². The van der Waals surface area contributed by atoms with Crippen molar-refractivity contribution < 1.29 is 0 Å². The Morgan fingerprint density at radius 2 is 2.44 bits per heavy atom. The van der Waals surface area contributed by atoms with Crippen molar-refractivity contribution in [2.24, 2.45) is 7.05 Å². The minimum Gasteiger partial charge on any atom is -0.358 e. The van der Waals surface area contributed by atoms with Gasteiger partial charge in [0, 0.05) is 25.6 Å². The average Bonchev–Trinajstić information content (AvgIpc) is 2.15. The summed E-state index contributed by atoms with van der Waals surface area (Å²) in [5.41, 5.74) is 0. The summed E-state index contributed by atoms with van der Waals surface area (Å²) in [5.74, 6) is 0.741. The minimum atomic E-state index is 0.458. The Balaban J connectivity index is 3.20. The predicted molar refractivity (Wildman–Crippen MR) is 36.5 cm³/mol. The second kappa shape index (κ2) is 2.18. The molecule has 2 N–H and O–H groups in total. The second-order valence-electron chi connectivity index (χ2n) is 1.62. The van der Waals surface area contributed by atoms with Gasteiger partial charge in [0.25, 0.3) is 0 Å². The molecule has 0 amide bonds. The van der Waals surface area contributed by atoms with E-state index in [1.807, 2.05) is 0 Å². The third kappa shape index (κ3) is 0.951. The van der Waals surface area contributed by atoms with Gasteiger partial charge in [0.2, 0.25) is 10.7 Å². The highest BCUT2D eigenvalue weighted by Gasteiger charge is 1.95. The lowest BCUT2D eigenvalue weighted by atomic mass is 10.9. The maximum atomic E-state index is 7.22. The van der Waals surface area contributed by atoms with E-state index < -0.39 is 0 Å². The fourth-order valence-corrected chi connectivity index (χ4v) is 1.11. The fourth-order valence-electron chi connectivity index (χ4n) is 0.518. The van der Waals surface area contributed by atoms with E-state index in [0.717, 1.165) is 5.95 Å². The van der Waals surface area contributed by atoms with Gasteiger partial charge >= 0.3 is 0 Å². The molecule has 0 saturated heterocycles. The van der Waals surface area contributed by atoms with Gasteiger partial charge in [0.1, 0.15) is 0 Å². The van der Waals surface area contributed by atoms with Crippen molar-refractivity contribution in [1.29, 1.82) is 5.41 Å². The Morgan fingerprint density at radius 1 is 1.78 bits per heavy atom. The van der Waals surface area contributed by atoms with Crippen LogP contribution in [0.1, 0.15) is 0 Å². The standard InChI is InChI=1S/C4H8N4S/c1-6-4-7-9-3(5)8(4)2/h5H,1-2H3,(H,6,7). The van der Waals surface area contributed by atoms with Crippen molar-refractivity contribution in [1.82, 2.24) is 8.94 Å². The molecule has 0 radical (unpaired) electrons. The molecule has 50 valence electrons. The van der Waals surface area contributed by atoms with Gasteiger partial charge in [-0.2, -0.15) is 4.37 Å². The van der Waals surface area contributed by atoms with Crippen molar-refractivity contribution in [3.05, 3.63) is 4.80 Å². The van der Waals surface area contributed by atoms with E-state index in [1.165, 1.54) is 11.5 Å². The Kier molecular flexibility index (Phi) is 1.52. The summed E-state index contributed by atoms with van der Waals surface area (Å²) in [7, 11) is 3.59. The molecule has 1 aromatic heterocycles. The Labute approximate surface area is 56.8 Å². The van der Waals surface area contributed by atoms with Gasteiger partial charge in [0.15, 0.2) is 0 Å². The third-order valence-electron chi connectivity index (χ3n) is 1.06. The first kappa shape index (κ1) is 6.28. The third-order valence-corrected chi connectivity index (χ3v) is 1.78. The summed E-state index contributed by atoms with van der Waals surface area (Å²) in [6.07, 6.45) is 0. The molecule has 0 atom stereocenters. The topological polar surface area (TPSA) is 53.7 Å². The fraction of sp³-hybridized carbons (Fsp3) is 0.500. The van der Waals surface area contributed by atoms with Gasteiger partial charge < -0.3 is 5.32 Å². The number of rotatable bonds is 1. The van der Waals surface area contributed by atoms with Crippen LogP contribution in [0.5, 0.6) is 0 Å². The van der Waals surface area contributed by atoms with E-state index >= 15 is 0 Å². The lowest BCUT2D eigenvalue weighted by Gasteiger charge is -1.94. The number of nitrogens with one attached hydrogen (secondary N) is 2. The zero-order valence-electron chi connectivity index (χ0n) is 5.30. The molecule has 0 bridgehead atoms. The van der Waals surface area contributed by atoms with Crippen molar-refractivity contribution in [2.45, 2.75) is 0 Å². The monoisotopic (exact) mass is 144 g/mol. The second-order valence-corrected chi connectivity index (χ2v) is 2.37. The molecule has 0 aromatic carbocycles. The van der Waals surface area contributed by atoms with Crippen LogP contribution < -0.4 is 10.1 Å². The van der Waals surface area contributed by atoms with Crippen molar-refractivity contribution in [2.75, 3.05) is 12.4 Å². The zero-order valence-corrected chi connectivity index (χ0v) is 6.12. The van der Waals surface area contributed by atoms with Crippen molar-refractivity contribution >= 4 is 17.5 Å². The van der Waals surface area contributed by atoms with Crippen LogP contribution in [0, 0.1) is 5.41 Å². The van der Waals surface area contributed by atoms with Crippen LogP contribution in [0.15, 0.2) is 0 Å². The van der Waals surface area contributed by atoms with E-state index in [9.17, 15) is 0 Å². The molecule has 0 fully saturated rings. The number of aromatic nitrogens is 2. The molecular weight excluding hydrogens is 136 g/mol. The molecule has 1 heterocycles. The van der Waals surface area contributed by atoms with E-state index in [0.29, 0.717) is 4.80 Å². The summed E-state index contributed by atoms with van der Waals surface area (Å²) in [4.78, 5) is 0.458. The molecule has 4 nitrogen and oxygen atoms in total. The molecule has 0 aliphatic carbocycles. The highest BCUT2D eigenvalue weighted by Crippen LogP contribution is 1.96. The average molecular weight is 144 g/mol. The van der Waals surface area contributed by atoms with Crippen LogP contribution in [0.25, 0.3) is 0 Å². The maximum Gasteiger partial charge on any atom is 0.215 e. The largest absolute Gasteiger partial charge is 0.358 e. The molecule has 0 aliphatic heterocycles. The van der Waals surface area contributed by atoms with Gasteiger partial charge in [-0.05, 0) is 0 Å². The summed E-state index contributed by atoms with van der Waals surface area (Å²) in [6, 6.07) is 0. The number of hydrogen-bond acceptors (Lipinski definition) is 4. The first-order valence-corrected chi connectivity index (χ1v) is 3.28.